The fraction of sp³-hybridized carbons (Fsp3) is 0.267. The highest BCUT2D eigenvalue weighted by molar-refractivity contribution is 6.31. The molecule has 0 amide bonds. The van der Waals surface area contributed by atoms with Crippen molar-refractivity contribution in [1.82, 2.24) is 4.98 Å². The van der Waals surface area contributed by atoms with Gasteiger partial charge in [0.2, 0.25) is 0 Å². The number of pyridine rings is 1. The fourth-order valence-corrected chi connectivity index (χ4v) is 2.69. The summed E-state index contributed by atoms with van der Waals surface area (Å²) in [6.07, 6.45) is 3.81. The number of aliphatic hydroxyl groups is 1. The highest BCUT2D eigenvalue weighted by Gasteiger charge is 2.23. The molecule has 1 aromatic carbocycles. The second-order valence-electron chi connectivity index (χ2n) is 4.75. The quantitative estimate of drug-likeness (QED) is 0.914. The first-order chi connectivity index (χ1) is 9.25. The van der Waals surface area contributed by atoms with E-state index in [0.717, 1.165) is 36.3 Å². The zero-order chi connectivity index (χ0) is 13.2. The second kappa shape index (κ2) is 5.19. The first-order valence-corrected chi connectivity index (χ1v) is 6.74. The molecule has 2 aromatic rings. The molecular formula is C15H15ClN2O. The maximum absolute atomic E-state index is 10.0. The molecule has 1 unspecified atom stereocenters. The van der Waals surface area contributed by atoms with Crippen LogP contribution in [0.2, 0.25) is 5.02 Å². The van der Waals surface area contributed by atoms with Gasteiger partial charge in [0, 0.05) is 36.7 Å². The first kappa shape index (κ1) is 12.5. The van der Waals surface area contributed by atoms with Crippen molar-refractivity contribution in [3.63, 3.8) is 0 Å². The lowest BCUT2D eigenvalue weighted by molar-refractivity contribution is 0.164. The SMILES string of the molecule is OC1CCN(Cc2ccncc2Cl)c2ccccc21. The zero-order valence-corrected chi connectivity index (χ0v) is 11.2. The number of para-hydroxylation sites is 1. The topological polar surface area (TPSA) is 36.4 Å². The summed E-state index contributed by atoms with van der Waals surface area (Å²) in [5, 5.41) is 10.7. The highest BCUT2D eigenvalue weighted by Crippen LogP contribution is 2.34. The Balaban J connectivity index is 1.91. The van der Waals surface area contributed by atoms with Crippen LogP contribution in [0.15, 0.2) is 42.7 Å². The Morgan fingerprint density at radius 1 is 1.32 bits per heavy atom. The van der Waals surface area contributed by atoms with Gasteiger partial charge in [0.05, 0.1) is 11.1 Å². The zero-order valence-electron chi connectivity index (χ0n) is 10.5. The summed E-state index contributed by atoms with van der Waals surface area (Å²) in [4.78, 5) is 6.26. The van der Waals surface area contributed by atoms with Crippen molar-refractivity contribution in [3.05, 3.63) is 58.9 Å². The van der Waals surface area contributed by atoms with E-state index in [1.165, 1.54) is 0 Å². The van der Waals surface area contributed by atoms with Crippen LogP contribution in [-0.4, -0.2) is 16.6 Å². The number of hydrogen-bond donors (Lipinski definition) is 1. The van der Waals surface area contributed by atoms with Gasteiger partial charge in [-0.3, -0.25) is 4.98 Å². The molecule has 4 heteroatoms. The van der Waals surface area contributed by atoms with Crippen LogP contribution in [-0.2, 0) is 6.54 Å². The van der Waals surface area contributed by atoms with Crippen LogP contribution in [0.25, 0.3) is 0 Å². The molecule has 0 spiro atoms. The van der Waals surface area contributed by atoms with Crippen LogP contribution < -0.4 is 4.90 Å². The second-order valence-corrected chi connectivity index (χ2v) is 5.16. The Morgan fingerprint density at radius 2 is 2.16 bits per heavy atom. The predicted molar refractivity (Wildman–Crippen MR) is 76.3 cm³/mol. The maximum Gasteiger partial charge on any atom is 0.0826 e. The van der Waals surface area contributed by atoms with E-state index in [4.69, 9.17) is 11.6 Å². The van der Waals surface area contributed by atoms with Crippen LogP contribution in [0, 0.1) is 0 Å². The third-order valence-electron chi connectivity index (χ3n) is 3.53. The lowest BCUT2D eigenvalue weighted by Gasteiger charge is -2.34. The minimum absolute atomic E-state index is 0.361. The molecule has 2 heterocycles. The van der Waals surface area contributed by atoms with Crippen molar-refractivity contribution in [2.75, 3.05) is 11.4 Å². The van der Waals surface area contributed by atoms with Gasteiger partial charge >= 0.3 is 0 Å². The van der Waals surface area contributed by atoms with Crippen LogP contribution in [0.3, 0.4) is 0 Å². The van der Waals surface area contributed by atoms with E-state index in [2.05, 4.69) is 9.88 Å². The van der Waals surface area contributed by atoms with Crippen molar-refractivity contribution >= 4 is 17.3 Å². The minimum Gasteiger partial charge on any atom is -0.388 e. The van der Waals surface area contributed by atoms with Gasteiger partial charge in [-0.1, -0.05) is 29.8 Å². The van der Waals surface area contributed by atoms with Gasteiger partial charge in [0.1, 0.15) is 0 Å². The molecule has 1 aliphatic heterocycles. The molecule has 3 rings (SSSR count). The summed E-state index contributed by atoms with van der Waals surface area (Å²) in [5.41, 5.74) is 3.15. The van der Waals surface area contributed by atoms with Gasteiger partial charge in [-0.25, -0.2) is 0 Å². The Morgan fingerprint density at radius 3 is 3.00 bits per heavy atom. The van der Waals surface area contributed by atoms with Crippen LogP contribution in [0.4, 0.5) is 5.69 Å². The molecule has 1 atom stereocenters. The van der Waals surface area contributed by atoms with Gasteiger partial charge in [-0.2, -0.15) is 0 Å². The lowest BCUT2D eigenvalue weighted by Crippen LogP contribution is -2.30. The summed E-state index contributed by atoms with van der Waals surface area (Å²) in [5.74, 6) is 0. The standard InChI is InChI=1S/C15H15ClN2O/c16-13-9-17-7-5-11(13)10-18-8-6-15(19)12-3-1-2-4-14(12)18/h1-5,7,9,15,19H,6,8,10H2. The molecule has 0 fully saturated rings. The van der Waals surface area contributed by atoms with E-state index in [1.807, 2.05) is 30.3 Å². The normalized spacial score (nSPS) is 18.2. The summed E-state index contributed by atoms with van der Waals surface area (Å²) in [6, 6.07) is 9.94. The Hall–Kier alpha value is -1.58. The number of fused-ring (bicyclic) bond motifs is 1. The fourth-order valence-electron chi connectivity index (χ4n) is 2.51. The average Bonchev–Trinajstić information content (AvgIpc) is 2.44. The molecule has 0 aliphatic carbocycles. The van der Waals surface area contributed by atoms with Crippen molar-refractivity contribution in [1.29, 1.82) is 0 Å². The number of aliphatic hydroxyl groups excluding tert-OH is 1. The smallest absolute Gasteiger partial charge is 0.0826 e. The Bertz CT molecular complexity index is 588. The van der Waals surface area contributed by atoms with Crippen molar-refractivity contribution in [2.45, 2.75) is 19.1 Å². The molecular weight excluding hydrogens is 260 g/mol. The molecule has 19 heavy (non-hydrogen) atoms. The van der Waals surface area contributed by atoms with Crippen molar-refractivity contribution in [2.24, 2.45) is 0 Å². The molecule has 1 aromatic heterocycles. The van der Waals surface area contributed by atoms with Gasteiger partial charge in [-0.05, 0) is 24.1 Å². The number of aromatic nitrogens is 1. The average molecular weight is 275 g/mol. The summed E-state index contributed by atoms with van der Waals surface area (Å²) in [7, 11) is 0. The largest absolute Gasteiger partial charge is 0.388 e. The number of nitrogens with zero attached hydrogens (tertiary/aromatic N) is 2. The van der Waals surface area contributed by atoms with Gasteiger partial charge < -0.3 is 10.0 Å². The van der Waals surface area contributed by atoms with E-state index in [0.29, 0.717) is 5.02 Å². The van der Waals surface area contributed by atoms with Crippen LogP contribution in [0.1, 0.15) is 23.7 Å². The summed E-state index contributed by atoms with van der Waals surface area (Å²) < 4.78 is 0. The van der Waals surface area contributed by atoms with E-state index in [-0.39, 0.29) is 6.10 Å². The van der Waals surface area contributed by atoms with Gasteiger partial charge in [-0.15, -0.1) is 0 Å². The predicted octanol–water partition coefficient (Wildman–Crippen LogP) is 3.18. The van der Waals surface area contributed by atoms with Crippen molar-refractivity contribution < 1.29 is 5.11 Å². The molecule has 3 nitrogen and oxygen atoms in total. The molecule has 0 saturated heterocycles. The van der Waals surface area contributed by atoms with Gasteiger partial charge in [0.15, 0.2) is 0 Å². The Labute approximate surface area is 117 Å². The third-order valence-corrected chi connectivity index (χ3v) is 3.87. The number of benzene rings is 1. The Kier molecular flexibility index (Phi) is 3.40. The van der Waals surface area contributed by atoms with Gasteiger partial charge in [0.25, 0.3) is 0 Å². The van der Waals surface area contributed by atoms with E-state index >= 15 is 0 Å². The minimum atomic E-state index is -0.361. The number of anilines is 1. The summed E-state index contributed by atoms with van der Waals surface area (Å²) in [6.45, 7) is 1.57. The monoisotopic (exact) mass is 274 g/mol. The highest BCUT2D eigenvalue weighted by atomic mass is 35.5. The maximum atomic E-state index is 10.0. The van der Waals surface area contributed by atoms with Crippen LogP contribution in [0.5, 0.6) is 0 Å². The van der Waals surface area contributed by atoms with E-state index in [9.17, 15) is 5.11 Å². The third kappa shape index (κ3) is 2.44. The number of hydrogen-bond acceptors (Lipinski definition) is 3. The first-order valence-electron chi connectivity index (χ1n) is 6.36. The van der Waals surface area contributed by atoms with Crippen molar-refractivity contribution in [3.8, 4) is 0 Å². The molecule has 0 bridgehead atoms. The van der Waals surface area contributed by atoms with E-state index in [1.54, 1.807) is 12.4 Å². The van der Waals surface area contributed by atoms with E-state index < -0.39 is 0 Å². The molecule has 98 valence electrons. The molecule has 0 saturated carbocycles. The summed E-state index contributed by atoms with van der Waals surface area (Å²) >= 11 is 6.16. The molecule has 1 N–H and O–H groups in total. The number of halogens is 1. The lowest BCUT2D eigenvalue weighted by atomic mass is 9.98. The number of rotatable bonds is 2. The van der Waals surface area contributed by atoms with Crippen LogP contribution >= 0.6 is 11.6 Å². The molecule has 0 radical (unpaired) electrons. The molecule has 1 aliphatic rings.